The van der Waals surface area contributed by atoms with Crippen LogP contribution in [0.4, 0.5) is 0 Å². The summed E-state index contributed by atoms with van der Waals surface area (Å²) < 4.78 is 6.72. The molecule has 0 N–H and O–H groups in total. The maximum Gasteiger partial charge on any atom is 0.164 e. The molecule has 0 spiro atoms. The van der Waals surface area contributed by atoms with Gasteiger partial charge in [0.25, 0.3) is 0 Å². The molecule has 2 aromatic heterocycles. The number of hydrogen-bond donors (Lipinski definition) is 0. The summed E-state index contributed by atoms with van der Waals surface area (Å²) in [5, 5.41) is 4.55. The second-order valence-corrected chi connectivity index (χ2v) is 13.9. The first kappa shape index (κ1) is 30.5. The number of fused-ring (bicyclic) bond motifs is 8. The Bertz CT molecular complexity index is 2990. The van der Waals surface area contributed by atoms with E-state index in [4.69, 9.17) is 19.4 Å². The highest BCUT2D eigenvalue weighted by Gasteiger charge is 2.47. The molecule has 10 aromatic rings. The van der Waals surface area contributed by atoms with Gasteiger partial charge in [-0.2, -0.15) is 0 Å². The van der Waals surface area contributed by atoms with Crippen LogP contribution < -0.4 is 0 Å². The molecule has 0 saturated heterocycles. The molecular weight excluding hydrogens is 659 g/mol. The summed E-state index contributed by atoms with van der Waals surface area (Å²) in [6.07, 6.45) is 0. The van der Waals surface area contributed by atoms with E-state index in [0.717, 1.165) is 38.6 Å². The second kappa shape index (κ2) is 11.9. The van der Waals surface area contributed by atoms with Gasteiger partial charge in [-0.25, -0.2) is 15.0 Å². The third-order valence-electron chi connectivity index (χ3n) is 11.0. The van der Waals surface area contributed by atoms with Crippen molar-refractivity contribution >= 4 is 32.7 Å². The molecule has 8 aromatic carbocycles. The van der Waals surface area contributed by atoms with Crippen molar-refractivity contribution in [3.05, 3.63) is 210 Å². The molecular formula is C50H31N3O. The van der Waals surface area contributed by atoms with Crippen molar-refractivity contribution in [2.24, 2.45) is 0 Å². The summed E-state index contributed by atoms with van der Waals surface area (Å²) in [5.41, 5.74) is 11.4. The summed E-state index contributed by atoms with van der Waals surface area (Å²) >= 11 is 0. The molecule has 54 heavy (non-hydrogen) atoms. The van der Waals surface area contributed by atoms with E-state index in [0.29, 0.717) is 17.5 Å². The summed E-state index contributed by atoms with van der Waals surface area (Å²) in [4.78, 5) is 14.9. The van der Waals surface area contributed by atoms with Gasteiger partial charge in [0.15, 0.2) is 17.5 Å². The molecule has 0 amide bonds. The first-order valence-corrected chi connectivity index (χ1v) is 18.3. The molecule has 2 heterocycles. The molecule has 0 saturated carbocycles. The smallest absolute Gasteiger partial charge is 0.164 e. The van der Waals surface area contributed by atoms with Gasteiger partial charge in [0.1, 0.15) is 11.2 Å². The van der Waals surface area contributed by atoms with Crippen LogP contribution in [0, 0.1) is 0 Å². The fraction of sp³-hybridized carbons (Fsp3) is 0.0200. The molecule has 1 aliphatic carbocycles. The topological polar surface area (TPSA) is 51.8 Å². The van der Waals surface area contributed by atoms with Crippen molar-refractivity contribution in [3.8, 4) is 45.3 Å². The van der Waals surface area contributed by atoms with Gasteiger partial charge in [0, 0.05) is 27.5 Å². The maximum atomic E-state index is 6.72. The second-order valence-electron chi connectivity index (χ2n) is 13.9. The Balaban J connectivity index is 1.12. The van der Waals surface area contributed by atoms with E-state index in [1.54, 1.807) is 0 Å². The predicted molar refractivity (Wildman–Crippen MR) is 218 cm³/mol. The van der Waals surface area contributed by atoms with Gasteiger partial charge in [-0.3, -0.25) is 0 Å². The molecule has 252 valence electrons. The molecule has 0 aliphatic heterocycles. The number of rotatable bonds is 5. The standard InChI is InChI=1S/C50H31N3O/c1-4-15-33(16-5-1)47-51-48(34-17-6-2-7-18-34)53-49(52-47)35-25-29-44-42(30-35)40-28-26-37(31-45(40)54-44)50(36-19-8-3-9-20-36)43-23-13-12-22-39(43)41-27-24-32-14-10-11-21-38(32)46(41)50/h1-31H. The maximum absolute atomic E-state index is 6.72. The predicted octanol–water partition coefficient (Wildman–Crippen LogP) is 12.3. The van der Waals surface area contributed by atoms with Gasteiger partial charge in [-0.05, 0) is 68.4 Å². The fourth-order valence-electron chi connectivity index (χ4n) is 8.62. The quantitative estimate of drug-likeness (QED) is 0.180. The number of nitrogens with zero attached hydrogens (tertiary/aromatic N) is 3. The highest BCUT2D eigenvalue weighted by atomic mass is 16.3. The summed E-state index contributed by atoms with van der Waals surface area (Å²) in [5.74, 6) is 1.89. The number of aromatic nitrogens is 3. The molecule has 0 bridgehead atoms. The average molecular weight is 690 g/mol. The molecule has 1 unspecified atom stereocenters. The minimum absolute atomic E-state index is 0.557. The van der Waals surface area contributed by atoms with E-state index in [9.17, 15) is 0 Å². The first-order chi connectivity index (χ1) is 26.8. The molecule has 4 nitrogen and oxygen atoms in total. The van der Waals surface area contributed by atoms with Crippen LogP contribution >= 0.6 is 0 Å². The minimum Gasteiger partial charge on any atom is -0.456 e. The Kier molecular flexibility index (Phi) is 6.73. The molecule has 0 radical (unpaired) electrons. The summed E-state index contributed by atoms with van der Waals surface area (Å²) in [6, 6.07) is 66.3. The molecule has 1 atom stereocenters. The first-order valence-electron chi connectivity index (χ1n) is 18.3. The van der Waals surface area contributed by atoms with Crippen molar-refractivity contribution in [1.82, 2.24) is 15.0 Å². The largest absolute Gasteiger partial charge is 0.456 e. The van der Waals surface area contributed by atoms with Gasteiger partial charge >= 0.3 is 0 Å². The van der Waals surface area contributed by atoms with Crippen LogP contribution in [-0.2, 0) is 5.41 Å². The van der Waals surface area contributed by atoms with E-state index < -0.39 is 5.41 Å². The summed E-state index contributed by atoms with van der Waals surface area (Å²) in [6.45, 7) is 0. The van der Waals surface area contributed by atoms with Crippen LogP contribution in [0.25, 0.3) is 78.0 Å². The van der Waals surface area contributed by atoms with E-state index in [1.807, 2.05) is 72.8 Å². The van der Waals surface area contributed by atoms with Crippen LogP contribution in [0.2, 0.25) is 0 Å². The highest BCUT2D eigenvalue weighted by Crippen LogP contribution is 2.58. The van der Waals surface area contributed by atoms with E-state index in [1.165, 1.54) is 44.2 Å². The lowest BCUT2D eigenvalue weighted by Gasteiger charge is -2.34. The molecule has 1 aliphatic rings. The zero-order valence-electron chi connectivity index (χ0n) is 29.1. The highest BCUT2D eigenvalue weighted by molar-refractivity contribution is 6.07. The Morgan fingerprint density at radius 3 is 1.74 bits per heavy atom. The van der Waals surface area contributed by atoms with Crippen LogP contribution in [0.3, 0.4) is 0 Å². The Labute approximate surface area is 312 Å². The number of furan rings is 1. The Morgan fingerprint density at radius 2 is 1.00 bits per heavy atom. The zero-order valence-corrected chi connectivity index (χ0v) is 29.1. The monoisotopic (exact) mass is 689 g/mol. The Morgan fingerprint density at radius 1 is 0.370 bits per heavy atom. The molecule has 0 fully saturated rings. The lowest BCUT2D eigenvalue weighted by Crippen LogP contribution is -2.28. The zero-order chi connectivity index (χ0) is 35.6. The van der Waals surface area contributed by atoms with Gasteiger partial charge in [-0.15, -0.1) is 0 Å². The van der Waals surface area contributed by atoms with Crippen LogP contribution in [0.5, 0.6) is 0 Å². The van der Waals surface area contributed by atoms with Crippen molar-refractivity contribution in [1.29, 1.82) is 0 Å². The van der Waals surface area contributed by atoms with E-state index >= 15 is 0 Å². The normalized spacial score (nSPS) is 14.7. The third kappa shape index (κ3) is 4.53. The van der Waals surface area contributed by atoms with Crippen molar-refractivity contribution in [3.63, 3.8) is 0 Å². The van der Waals surface area contributed by atoms with E-state index in [-0.39, 0.29) is 0 Å². The van der Waals surface area contributed by atoms with Crippen molar-refractivity contribution < 1.29 is 4.42 Å². The third-order valence-corrected chi connectivity index (χ3v) is 11.0. The lowest BCUT2D eigenvalue weighted by molar-refractivity contribution is 0.666. The van der Waals surface area contributed by atoms with Gasteiger partial charge in [0.2, 0.25) is 0 Å². The molecule has 11 rings (SSSR count). The van der Waals surface area contributed by atoms with Gasteiger partial charge < -0.3 is 4.42 Å². The van der Waals surface area contributed by atoms with Crippen LogP contribution in [0.1, 0.15) is 22.3 Å². The Hall–Kier alpha value is -7.17. The van der Waals surface area contributed by atoms with Gasteiger partial charge in [-0.1, -0.05) is 164 Å². The van der Waals surface area contributed by atoms with Crippen LogP contribution in [-0.4, -0.2) is 15.0 Å². The summed E-state index contributed by atoms with van der Waals surface area (Å²) in [7, 11) is 0. The van der Waals surface area contributed by atoms with Crippen LogP contribution in [0.15, 0.2) is 192 Å². The minimum atomic E-state index is -0.557. The van der Waals surface area contributed by atoms with Crippen molar-refractivity contribution in [2.75, 3.05) is 0 Å². The lowest BCUT2D eigenvalue weighted by atomic mass is 9.66. The average Bonchev–Trinajstić information content (AvgIpc) is 3.78. The molecule has 4 heteroatoms. The van der Waals surface area contributed by atoms with Gasteiger partial charge in [0.05, 0.1) is 5.41 Å². The number of hydrogen-bond acceptors (Lipinski definition) is 4. The van der Waals surface area contributed by atoms with E-state index in [2.05, 4.69) is 115 Å². The SMILES string of the molecule is c1ccc(-c2nc(-c3ccccc3)nc(-c3ccc4oc5cc(C6(c7ccccc7)c7ccccc7-c7ccc8ccccc8c76)ccc5c4c3)n2)cc1. The van der Waals surface area contributed by atoms with Crippen molar-refractivity contribution in [2.45, 2.75) is 5.41 Å². The fourth-order valence-corrected chi connectivity index (χ4v) is 8.62. The number of benzene rings is 8.